The van der Waals surface area contributed by atoms with Crippen LogP contribution in [0.2, 0.25) is 0 Å². The van der Waals surface area contributed by atoms with Gasteiger partial charge in [-0.1, -0.05) is 50.2 Å². The van der Waals surface area contributed by atoms with Gasteiger partial charge in [0.25, 0.3) is 0 Å². The second-order valence-corrected chi connectivity index (χ2v) is 9.93. The molecule has 4 rings (SSSR count). The number of likely N-dealkylation sites (tertiary alicyclic amines) is 1. The number of anilines is 1. The van der Waals surface area contributed by atoms with Gasteiger partial charge in [0.1, 0.15) is 6.04 Å². The normalized spacial score (nSPS) is 17.6. The molecule has 2 amide bonds. The largest absolute Gasteiger partial charge is 0.384 e. The van der Waals surface area contributed by atoms with Gasteiger partial charge < -0.3 is 21.3 Å². The van der Waals surface area contributed by atoms with Gasteiger partial charge in [0.05, 0.1) is 11.6 Å². The summed E-state index contributed by atoms with van der Waals surface area (Å²) in [5.41, 5.74) is 8.32. The zero-order chi connectivity index (χ0) is 25.8. The maximum atomic E-state index is 13.1. The fourth-order valence-electron chi connectivity index (χ4n) is 5.06. The van der Waals surface area contributed by atoms with Gasteiger partial charge in [0.15, 0.2) is 11.6 Å². The first-order valence-corrected chi connectivity index (χ1v) is 12.7. The smallest absolute Gasteiger partial charge is 0.242 e. The summed E-state index contributed by atoms with van der Waals surface area (Å²) < 4.78 is 0. The van der Waals surface area contributed by atoms with Crippen molar-refractivity contribution in [2.24, 2.45) is 11.7 Å². The number of nitrogens with one attached hydrogen (secondary N) is 2. The number of rotatable bonds is 9. The molecule has 8 heteroatoms. The van der Waals surface area contributed by atoms with Crippen LogP contribution in [0.1, 0.15) is 71.4 Å². The van der Waals surface area contributed by atoms with E-state index < -0.39 is 12.1 Å². The molecule has 4 N–H and O–H groups in total. The van der Waals surface area contributed by atoms with Crippen LogP contribution in [0, 0.1) is 5.92 Å². The van der Waals surface area contributed by atoms with E-state index in [1.165, 1.54) is 0 Å². The number of nitrogens with zero attached hydrogens (tertiary/aromatic N) is 1. The minimum absolute atomic E-state index is 0.153. The van der Waals surface area contributed by atoms with Crippen molar-refractivity contribution >= 4 is 29.1 Å². The highest BCUT2D eigenvalue weighted by molar-refractivity contribution is 6.30. The van der Waals surface area contributed by atoms with Gasteiger partial charge in [0.2, 0.25) is 11.8 Å². The molecule has 36 heavy (non-hydrogen) atoms. The molecular weight excluding hydrogens is 456 g/mol. The van der Waals surface area contributed by atoms with E-state index in [0.717, 1.165) is 6.42 Å². The van der Waals surface area contributed by atoms with Crippen molar-refractivity contribution in [1.82, 2.24) is 10.2 Å². The number of ketones is 2. The summed E-state index contributed by atoms with van der Waals surface area (Å²) in [6.45, 7) is 5.53. The van der Waals surface area contributed by atoms with Crippen LogP contribution in [0.15, 0.2) is 42.5 Å². The van der Waals surface area contributed by atoms with Crippen molar-refractivity contribution < 1.29 is 19.2 Å². The monoisotopic (exact) mass is 490 g/mol. The average Bonchev–Trinajstić information content (AvgIpc) is 3.36. The Morgan fingerprint density at radius 1 is 1.00 bits per heavy atom. The van der Waals surface area contributed by atoms with Crippen molar-refractivity contribution in [3.05, 3.63) is 64.7 Å². The van der Waals surface area contributed by atoms with Crippen LogP contribution in [0.3, 0.4) is 0 Å². The molecular formula is C28H34N4O4. The third-order valence-corrected chi connectivity index (χ3v) is 6.80. The second-order valence-electron chi connectivity index (χ2n) is 9.93. The Hall–Kier alpha value is -3.52. The van der Waals surface area contributed by atoms with Gasteiger partial charge in [-0.2, -0.15) is 0 Å². The summed E-state index contributed by atoms with van der Waals surface area (Å²) >= 11 is 0. The van der Waals surface area contributed by atoms with Gasteiger partial charge in [-0.05, 0) is 37.7 Å². The molecule has 0 radical (unpaired) electrons. The van der Waals surface area contributed by atoms with E-state index >= 15 is 0 Å². The maximum Gasteiger partial charge on any atom is 0.242 e. The van der Waals surface area contributed by atoms with E-state index in [2.05, 4.69) is 10.6 Å². The lowest BCUT2D eigenvalue weighted by Crippen LogP contribution is -2.51. The highest BCUT2D eigenvalue weighted by Crippen LogP contribution is 2.31. The molecule has 1 saturated heterocycles. The first kappa shape index (κ1) is 25.6. The van der Waals surface area contributed by atoms with E-state index in [9.17, 15) is 19.2 Å². The van der Waals surface area contributed by atoms with E-state index in [-0.39, 0.29) is 23.4 Å². The maximum absolute atomic E-state index is 13.1. The number of hydrogen-bond donors (Lipinski definition) is 3. The van der Waals surface area contributed by atoms with Crippen LogP contribution >= 0.6 is 0 Å². The molecule has 2 atom stereocenters. The summed E-state index contributed by atoms with van der Waals surface area (Å²) in [5.74, 6) is -0.326. The summed E-state index contributed by atoms with van der Waals surface area (Å²) in [5, 5.41) is 6.18. The lowest BCUT2D eigenvalue weighted by atomic mass is 9.83. The fraction of sp³-hybridized carbons (Fsp3) is 0.429. The van der Waals surface area contributed by atoms with E-state index in [1.807, 2.05) is 13.8 Å². The first-order chi connectivity index (χ1) is 17.3. The number of nitrogens with two attached hydrogens (primary N) is 1. The molecule has 8 nitrogen and oxygen atoms in total. The Balaban J connectivity index is 1.30. The first-order valence-electron chi connectivity index (χ1n) is 12.7. The SMILES string of the molecule is CC(C)C[C@H](N)C(=O)N1CCC[C@H]1C(=O)NCCCNc1cccc2c1C(=O)c1ccccc1C2=O. The minimum atomic E-state index is -0.582. The molecule has 1 fully saturated rings. The Morgan fingerprint density at radius 3 is 2.42 bits per heavy atom. The van der Waals surface area contributed by atoms with Gasteiger partial charge in [0, 0.05) is 42.0 Å². The number of benzene rings is 2. The van der Waals surface area contributed by atoms with Gasteiger partial charge in [-0.25, -0.2) is 0 Å². The van der Waals surface area contributed by atoms with Crippen molar-refractivity contribution in [3.8, 4) is 0 Å². The zero-order valence-electron chi connectivity index (χ0n) is 20.9. The summed E-state index contributed by atoms with van der Waals surface area (Å²) in [6.07, 6.45) is 2.63. The van der Waals surface area contributed by atoms with Crippen molar-refractivity contribution in [2.75, 3.05) is 25.0 Å². The quantitative estimate of drug-likeness (QED) is 0.397. The Bertz CT molecular complexity index is 1180. The van der Waals surface area contributed by atoms with Crippen LogP contribution in [0.25, 0.3) is 0 Å². The average molecular weight is 491 g/mol. The molecule has 0 aromatic heterocycles. The number of amides is 2. The molecule has 0 unspecified atom stereocenters. The topological polar surface area (TPSA) is 122 Å². The van der Waals surface area contributed by atoms with Crippen molar-refractivity contribution in [2.45, 2.75) is 51.6 Å². The Labute approximate surface area is 211 Å². The highest BCUT2D eigenvalue weighted by atomic mass is 16.2. The summed E-state index contributed by atoms with van der Waals surface area (Å²) in [7, 11) is 0. The lowest BCUT2D eigenvalue weighted by molar-refractivity contribution is -0.139. The predicted molar refractivity (Wildman–Crippen MR) is 138 cm³/mol. The molecule has 190 valence electrons. The second kappa shape index (κ2) is 11.0. The molecule has 2 aromatic rings. The molecule has 0 spiro atoms. The molecule has 1 heterocycles. The number of fused-ring (bicyclic) bond motifs is 2. The van der Waals surface area contributed by atoms with Gasteiger partial charge in [-0.15, -0.1) is 0 Å². The number of hydrogen-bond acceptors (Lipinski definition) is 6. The standard InChI is InChI=1S/C28H34N4O4/c1-17(2)16-21(29)28(36)32-15-6-12-23(32)27(35)31-14-7-13-30-22-11-5-10-20-24(22)26(34)19-9-4-3-8-18(19)25(20)33/h3-5,8-11,17,21,23,30H,6-7,12-16,29H2,1-2H3,(H,31,35)/t21-,23-/m0/s1. The van der Waals surface area contributed by atoms with E-state index in [0.29, 0.717) is 72.8 Å². The minimum Gasteiger partial charge on any atom is -0.384 e. The molecule has 1 aliphatic heterocycles. The predicted octanol–water partition coefficient (Wildman–Crippen LogP) is 2.74. The third-order valence-electron chi connectivity index (χ3n) is 6.80. The highest BCUT2D eigenvalue weighted by Gasteiger charge is 2.36. The van der Waals surface area contributed by atoms with Gasteiger partial charge >= 0.3 is 0 Å². The van der Waals surface area contributed by atoms with E-state index in [1.54, 1.807) is 47.4 Å². The Kier molecular flexibility index (Phi) is 7.84. The van der Waals surface area contributed by atoms with Gasteiger partial charge in [-0.3, -0.25) is 19.2 Å². The third kappa shape index (κ3) is 5.18. The summed E-state index contributed by atoms with van der Waals surface area (Å²) in [4.78, 5) is 53.1. The molecule has 1 aliphatic carbocycles. The molecule has 2 aromatic carbocycles. The van der Waals surface area contributed by atoms with Crippen LogP contribution in [0.5, 0.6) is 0 Å². The number of carbonyl (C=O) groups excluding carboxylic acids is 4. The van der Waals surface area contributed by atoms with Crippen LogP contribution in [0.4, 0.5) is 5.69 Å². The lowest BCUT2D eigenvalue weighted by Gasteiger charge is -2.27. The van der Waals surface area contributed by atoms with Crippen LogP contribution < -0.4 is 16.4 Å². The molecule has 0 bridgehead atoms. The molecule has 2 aliphatic rings. The van der Waals surface area contributed by atoms with Crippen LogP contribution in [-0.4, -0.2) is 60.0 Å². The Morgan fingerprint density at radius 2 is 1.69 bits per heavy atom. The summed E-state index contributed by atoms with van der Waals surface area (Å²) in [6, 6.07) is 11.0. The van der Waals surface area contributed by atoms with Crippen LogP contribution in [-0.2, 0) is 9.59 Å². The van der Waals surface area contributed by atoms with Crippen molar-refractivity contribution in [1.29, 1.82) is 0 Å². The van der Waals surface area contributed by atoms with E-state index in [4.69, 9.17) is 5.73 Å². The van der Waals surface area contributed by atoms with Crippen molar-refractivity contribution in [3.63, 3.8) is 0 Å². The fourth-order valence-corrected chi connectivity index (χ4v) is 5.06. The number of carbonyl (C=O) groups is 4. The molecule has 0 saturated carbocycles. The zero-order valence-corrected chi connectivity index (χ0v) is 20.9.